The van der Waals surface area contributed by atoms with E-state index in [1.807, 2.05) is 24.3 Å². The van der Waals surface area contributed by atoms with E-state index in [1.165, 1.54) is 19.1 Å². The number of carbonyl (C=O) groups is 3. The number of ketones is 1. The van der Waals surface area contributed by atoms with Crippen LogP contribution in [0, 0.1) is 11.6 Å². The third-order valence-electron chi connectivity index (χ3n) is 11.3. The molecule has 58 heavy (non-hydrogen) atoms. The molecular formula is C44H50F2N4O7Si. The number of hydrogen-bond donors (Lipinski definition) is 1. The standard InChI is InChI=1S/C44H50F2N4O7Si/c1-28(51)39-14-15-40(49-48-39)57-34-11-7-30(8-12-34)44(17-19-54-20-18-44)29-5-9-33(10-6-29)56-35-23-31(24-35)47-32-25-37(45)42(38(46)26-32)36-13-16-41(52)50(43(36)53)27-55-21-22-58(2,3)4/h5-12,14-15,25-26,31,35-36,47H,13,16-24,27H2,1-4H3. The molecule has 4 aromatic rings. The highest BCUT2D eigenvalue weighted by molar-refractivity contribution is 6.76. The average molecular weight is 813 g/mol. The molecule has 1 aliphatic carbocycles. The van der Waals surface area contributed by atoms with Gasteiger partial charge in [-0.15, -0.1) is 10.2 Å². The number of nitrogens with one attached hydrogen (secondary N) is 1. The number of carbonyl (C=O) groups excluding carboxylic acids is 3. The van der Waals surface area contributed by atoms with Crippen LogP contribution in [0.25, 0.3) is 0 Å². The fourth-order valence-corrected chi connectivity index (χ4v) is 8.58. The lowest BCUT2D eigenvalue weighted by molar-refractivity contribution is -0.155. The smallest absolute Gasteiger partial charge is 0.238 e. The molecule has 0 radical (unpaired) electrons. The van der Waals surface area contributed by atoms with E-state index in [-0.39, 0.29) is 59.9 Å². The van der Waals surface area contributed by atoms with E-state index in [1.54, 1.807) is 12.1 Å². The molecule has 7 rings (SSSR count). The Bertz CT molecular complexity index is 2080. The monoisotopic (exact) mass is 812 g/mol. The summed E-state index contributed by atoms with van der Waals surface area (Å²) in [7, 11) is -1.37. The quantitative estimate of drug-likeness (QED) is 0.0541. The lowest BCUT2D eigenvalue weighted by Gasteiger charge is -2.39. The van der Waals surface area contributed by atoms with Crippen molar-refractivity contribution in [2.45, 2.75) is 94.6 Å². The number of ether oxygens (including phenoxy) is 4. The van der Waals surface area contributed by atoms with Crippen molar-refractivity contribution in [2.75, 3.05) is 31.9 Å². The number of nitrogens with zero attached hydrogens (tertiary/aromatic N) is 3. The molecule has 0 bridgehead atoms. The molecule has 1 aromatic heterocycles. The van der Waals surface area contributed by atoms with E-state index < -0.39 is 37.4 Å². The normalized spacial score (nSPS) is 20.7. The summed E-state index contributed by atoms with van der Waals surface area (Å²) in [4.78, 5) is 38.3. The molecule has 3 aliphatic rings. The molecule has 0 spiro atoms. The summed E-state index contributed by atoms with van der Waals surface area (Å²) >= 11 is 0. The molecule has 1 saturated carbocycles. The van der Waals surface area contributed by atoms with Gasteiger partial charge in [0.05, 0.1) is 5.92 Å². The maximum Gasteiger partial charge on any atom is 0.238 e. The van der Waals surface area contributed by atoms with Crippen molar-refractivity contribution in [3.8, 4) is 17.4 Å². The second kappa shape index (κ2) is 17.4. The van der Waals surface area contributed by atoms with Crippen molar-refractivity contribution in [2.24, 2.45) is 0 Å². The van der Waals surface area contributed by atoms with Crippen LogP contribution in [0.5, 0.6) is 17.4 Å². The number of aromatic nitrogens is 2. The maximum atomic E-state index is 15.5. The minimum atomic E-state index is -1.37. The number of benzene rings is 3. The first-order chi connectivity index (χ1) is 27.8. The summed E-state index contributed by atoms with van der Waals surface area (Å²) in [6.45, 7) is 9.52. The molecular weight excluding hydrogens is 763 g/mol. The van der Waals surface area contributed by atoms with Crippen molar-refractivity contribution in [3.05, 3.63) is 107 Å². The number of hydrogen-bond acceptors (Lipinski definition) is 10. The zero-order valence-electron chi connectivity index (χ0n) is 33.4. The predicted molar refractivity (Wildman–Crippen MR) is 216 cm³/mol. The Hall–Kier alpha value is -5.05. The van der Waals surface area contributed by atoms with Crippen LogP contribution in [0.4, 0.5) is 14.5 Å². The summed E-state index contributed by atoms with van der Waals surface area (Å²) < 4.78 is 54.5. The summed E-state index contributed by atoms with van der Waals surface area (Å²) in [5.74, 6) is -2.28. The van der Waals surface area contributed by atoms with Crippen molar-refractivity contribution >= 4 is 31.4 Å². The van der Waals surface area contributed by atoms with E-state index in [4.69, 9.17) is 18.9 Å². The Kier molecular flexibility index (Phi) is 12.4. The molecule has 1 N–H and O–H groups in total. The van der Waals surface area contributed by atoms with Gasteiger partial charge in [0.15, 0.2) is 5.78 Å². The number of amides is 2. The number of halogens is 2. The van der Waals surface area contributed by atoms with Gasteiger partial charge in [0.1, 0.15) is 41.7 Å². The zero-order chi connectivity index (χ0) is 41.0. The topological polar surface area (TPSA) is 129 Å². The van der Waals surface area contributed by atoms with Crippen LogP contribution in [0.15, 0.2) is 72.8 Å². The minimum absolute atomic E-state index is 0.0110. The van der Waals surface area contributed by atoms with E-state index in [2.05, 4.69) is 59.4 Å². The van der Waals surface area contributed by atoms with Gasteiger partial charge in [-0.05, 0) is 78.9 Å². The van der Waals surface area contributed by atoms with Gasteiger partial charge in [0.25, 0.3) is 0 Å². The van der Waals surface area contributed by atoms with Crippen LogP contribution in [0.2, 0.25) is 25.7 Å². The van der Waals surface area contributed by atoms with Gasteiger partial charge >= 0.3 is 0 Å². The Morgan fingerprint density at radius 1 is 0.914 bits per heavy atom. The zero-order valence-corrected chi connectivity index (χ0v) is 34.4. The minimum Gasteiger partial charge on any atom is -0.490 e. The van der Waals surface area contributed by atoms with Crippen LogP contribution < -0.4 is 14.8 Å². The lowest BCUT2D eigenvalue weighted by Crippen LogP contribution is -2.46. The third kappa shape index (κ3) is 9.45. The van der Waals surface area contributed by atoms with E-state index in [0.29, 0.717) is 44.3 Å². The highest BCUT2D eigenvalue weighted by atomic mass is 28.3. The van der Waals surface area contributed by atoms with Crippen LogP contribution in [-0.2, 0) is 24.5 Å². The fourth-order valence-electron chi connectivity index (χ4n) is 7.82. The van der Waals surface area contributed by atoms with Crippen molar-refractivity contribution in [3.63, 3.8) is 0 Å². The molecule has 2 amide bonds. The molecule has 3 heterocycles. The molecule has 2 aliphatic heterocycles. The van der Waals surface area contributed by atoms with Crippen molar-refractivity contribution in [1.29, 1.82) is 0 Å². The summed E-state index contributed by atoms with van der Waals surface area (Å²) in [5.41, 5.74) is 2.29. The Labute approximate surface area is 338 Å². The Morgan fingerprint density at radius 3 is 2.14 bits per heavy atom. The molecule has 1 atom stereocenters. The van der Waals surface area contributed by atoms with Gasteiger partial charge < -0.3 is 24.3 Å². The molecule has 1 unspecified atom stereocenters. The van der Waals surface area contributed by atoms with E-state index >= 15 is 8.78 Å². The SMILES string of the molecule is CC(=O)c1ccc(Oc2ccc(C3(c4ccc(OC5CC(Nc6cc(F)c(C7CCC(=O)N(COCC[Si](C)(C)C)C7=O)c(F)c6)C5)cc4)CCOCC3)cc2)nn1. The molecule has 11 nitrogen and oxygen atoms in total. The number of anilines is 1. The number of Topliss-reactive ketones (excluding diaryl/α,β-unsaturated/α-hetero) is 1. The second-order valence-electron chi connectivity index (χ2n) is 16.7. The van der Waals surface area contributed by atoms with E-state index in [9.17, 15) is 14.4 Å². The number of imide groups is 1. The molecule has 3 aromatic carbocycles. The number of likely N-dealkylation sites (tertiary alicyclic amines) is 1. The maximum absolute atomic E-state index is 15.5. The Morgan fingerprint density at radius 2 is 1.55 bits per heavy atom. The largest absolute Gasteiger partial charge is 0.490 e. The summed E-state index contributed by atoms with van der Waals surface area (Å²) in [6, 6.07) is 22.6. The molecule has 306 valence electrons. The van der Waals surface area contributed by atoms with Gasteiger partial charge in [-0.3, -0.25) is 19.3 Å². The van der Waals surface area contributed by atoms with Crippen LogP contribution in [0.1, 0.15) is 78.5 Å². The van der Waals surface area contributed by atoms with Crippen molar-refractivity contribution < 1.29 is 42.1 Å². The first-order valence-electron chi connectivity index (χ1n) is 19.9. The lowest BCUT2D eigenvalue weighted by atomic mass is 9.69. The van der Waals surface area contributed by atoms with Crippen LogP contribution in [-0.4, -0.2) is 79.5 Å². The van der Waals surface area contributed by atoms with Gasteiger partial charge in [-0.2, -0.15) is 0 Å². The summed E-state index contributed by atoms with van der Waals surface area (Å²) in [5, 5.41) is 11.1. The Balaban J connectivity index is 0.929. The van der Waals surface area contributed by atoms with Crippen LogP contribution in [0.3, 0.4) is 0 Å². The highest BCUT2D eigenvalue weighted by Crippen LogP contribution is 2.43. The highest BCUT2D eigenvalue weighted by Gasteiger charge is 2.40. The average Bonchev–Trinajstić information content (AvgIpc) is 3.18. The first-order valence-corrected chi connectivity index (χ1v) is 23.6. The number of piperidine rings is 1. The van der Waals surface area contributed by atoms with Crippen LogP contribution >= 0.6 is 0 Å². The van der Waals surface area contributed by atoms with Gasteiger partial charge in [0.2, 0.25) is 17.7 Å². The number of rotatable bonds is 15. The fraction of sp³-hybridized carbons (Fsp3) is 0.432. The van der Waals surface area contributed by atoms with Crippen molar-refractivity contribution in [1.82, 2.24) is 15.1 Å². The second-order valence-corrected chi connectivity index (χ2v) is 22.3. The van der Waals surface area contributed by atoms with E-state index in [0.717, 1.165) is 40.7 Å². The third-order valence-corrected chi connectivity index (χ3v) is 13.0. The summed E-state index contributed by atoms with van der Waals surface area (Å²) in [6.07, 6.45) is 2.90. The predicted octanol–water partition coefficient (Wildman–Crippen LogP) is 8.41. The first kappa shape index (κ1) is 41.1. The molecule has 3 fully saturated rings. The van der Waals surface area contributed by atoms with Gasteiger partial charge in [-0.1, -0.05) is 43.9 Å². The molecule has 14 heteroatoms. The van der Waals surface area contributed by atoms with Gasteiger partial charge in [-0.25, -0.2) is 8.78 Å². The van der Waals surface area contributed by atoms with Gasteiger partial charge in [0, 0.05) is 82.9 Å². The molecule has 2 saturated heterocycles.